The number of rotatable bonds is 5. The van der Waals surface area contributed by atoms with Crippen LogP contribution in [0, 0.1) is 11.8 Å². The van der Waals surface area contributed by atoms with Gasteiger partial charge >= 0.3 is 0 Å². The molecule has 9 nitrogen and oxygen atoms in total. The number of fused-ring (bicyclic) bond motifs is 1. The lowest BCUT2D eigenvalue weighted by molar-refractivity contribution is -0.122. The number of ether oxygens (including phenoxy) is 1. The summed E-state index contributed by atoms with van der Waals surface area (Å²) in [5, 5.41) is 0. The van der Waals surface area contributed by atoms with Crippen molar-refractivity contribution in [1.82, 2.24) is 19.5 Å². The maximum absolute atomic E-state index is 12.0. The standard InChI is InChI=1S/C22H25N7O2/c23-20(30)15(13-2-3-13)6-12-7-16-19-18(8-12)31-5-1-4-29(19)22(27-16)28-10-14-9-25-21(24)26-17(14)11-28/h7-9,13,15H,1-6,10-11H2,(H2,23,30)(H2,24,25,26)/t15-/m0/s1. The van der Waals surface area contributed by atoms with Crippen molar-refractivity contribution in [3.05, 3.63) is 35.2 Å². The van der Waals surface area contributed by atoms with Gasteiger partial charge in [-0.15, -0.1) is 0 Å². The van der Waals surface area contributed by atoms with Gasteiger partial charge in [-0.1, -0.05) is 0 Å². The van der Waals surface area contributed by atoms with Gasteiger partial charge in [0, 0.05) is 30.8 Å². The van der Waals surface area contributed by atoms with E-state index in [0.29, 0.717) is 38.0 Å². The van der Waals surface area contributed by atoms with Gasteiger partial charge < -0.3 is 25.7 Å². The van der Waals surface area contributed by atoms with Gasteiger partial charge in [-0.25, -0.2) is 15.0 Å². The van der Waals surface area contributed by atoms with Crippen LogP contribution in [0.2, 0.25) is 0 Å². The Morgan fingerprint density at radius 1 is 1.26 bits per heavy atom. The zero-order valence-electron chi connectivity index (χ0n) is 17.3. The number of primary amides is 1. The summed E-state index contributed by atoms with van der Waals surface area (Å²) in [6.07, 6.45) is 5.51. The predicted octanol–water partition coefficient (Wildman–Crippen LogP) is 1.77. The average Bonchev–Trinajstić information content (AvgIpc) is 3.43. The molecule has 0 saturated heterocycles. The Morgan fingerprint density at radius 3 is 2.94 bits per heavy atom. The van der Waals surface area contributed by atoms with E-state index >= 15 is 0 Å². The molecule has 6 rings (SSSR count). The summed E-state index contributed by atoms with van der Waals surface area (Å²) in [6, 6.07) is 4.16. The summed E-state index contributed by atoms with van der Waals surface area (Å²) in [5.41, 5.74) is 16.5. The number of imidazole rings is 1. The first-order chi connectivity index (χ1) is 15.1. The lowest BCUT2D eigenvalue weighted by Crippen LogP contribution is -2.26. The van der Waals surface area contributed by atoms with Gasteiger partial charge in [-0.3, -0.25) is 4.79 Å². The number of hydrogen-bond donors (Lipinski definition) is 2. The van der Waals surface area contributed by atoms with Crippen LogP contribution in [0.3, 0.4) is 0 Å². The van der Waals surface area contributed by atoms with E-state index in [1.165, 1.54) is 0 Å². The molecule has 1 aliphatic carbocycles. The summed E-state index contributed by atoms with van der Waals surface area (Å²) in [7, 11) is 0. The van der Waals surface area contributed by atoms with Crippen molar-refractivity contribution >= 4 is 28.8 Å². The molecular formula is C22H25N7O2. The molecule has 0 spiro atoms. The Balaban J connectivity index is 1.39. The molecule has 1 fully saturated rings. The molecule has 0 bridgehead atoms. The Bertz CT molecular complexity index is 1200. The number of amides is 1. The quantitative estimate of drug-likeness (QED) is 0.645. The minimum Gasteiger partial charge on any atom is -0.491 e. The van der Waals surface area contributed by atoms with Crippen molar-refractivity contribution in [3.63, 3.8) is 0 Å². The van der Waals surface area contributed by atoms with Crippen LogP contribution in [-0.4, -0.2) is 32.0 Å². The fourth-order valence-electron chi connectivity index (χ4n) is 4.92. The molecule has 31 heavy (non-hydrogen) atoms. The van der Waals surface area contributed by atoms with Crippen LogP contribution in [0.15, 0.2) is 18.3 Å². The van der Waals surface area contributed by atoms with Crippen LogP contribution in [0.25, 0.3) is 11.0 Å². The van der Waals surface area contributed by atoms with Gasteiger partial charge in [-0.05, 0) is 49.3 Å². The molecule has 2 aliphatic heterocycles. The van der Waals surface area contributed by atoms with E-state index < -0.39 is 0 Å². The highest BCUT2D eigenvalue weighted by atomic mass is 16.5. The van der Waals surface area contributed by atoms with Crippen LogP contribution in [0.5, 0.6) is 5.75 Å². The topological polar surface area (TPSA) is 125 Å². The Kier molecular flexibility index (Phi) is 4.06. The second kappa shape index (κ2) is 6.83. The zero-order valence-corrected chi connectivity index (χ0v) is 17.3. The fourth-order valence-corrected chi connectivity index (χ4v) is 4.92. The second-order valence-corrected chi connectivity index (χ2v) is 8.83. The lowest BCUT2D eigenvalue weighted by Gasteiger charge is -2.17. The minimum atomic E-state index is -0.212. The molecule has 1 saturated carbocycles. The molecule has 4 heterocycles. The van der Waals surface area contributed by atoms with Gasteiger partial charge in [0.25, 0.3) is 0 Å². The van der Waals surface area contributed by atoms with Crippen LogP contribution in [-0.2, 0) is 30.8 Å². The fraction of sp³-hybridized carbons (Fsp3) is 0.455. The maximum Gasteiger partial charge on any atom is 0.221 e. The smallest absolute Gasteiger partial charge is 0.221 e. The molecule has 0 radical (unpaired) electrons. The third-order valence-corrected chi connectivity index (χ3v) is 6.60. The van der Waals surface area contributed by atoms with E-state index in [-0.39, 0.29) is 11.8 Å². The molecule has 3 aliphatic rings. The van der Waals surface area contributed by atoms with Crippen molar-refractivity contribution in [2.45, 2.75) is 45.3 Å². The first-order valence-electron chi connectivity index (χ1n) is 10.9. The number of aryl methyl sites for hydroxylation is 1. The molecule has 3 aromatic rings. The lowest BCUT2D eigenvalue weighted by atomic mass is 9.94. The van der Waals surface area contributed by atoms with Gasteiger partial charge in [0.15, 0.2) is 0 Å². The highest BCUT2D eigenvalue weighted by Crippen LogP contribution is 2.40. The largest absolute Gasteiger partial charge is 0.491 e. The van der Waals surface area contributed by atoms with Gasteiger partial charge in [0.2, 0.25) is 17.8 Å². The molecular weight excluding hydrogens is 394 g/mol. The number of nitrogens with two attached hydrogens (primary N) is 2. The number of aromatic nitrogens is 4. The Morgan fingerprint density at radius 2 is 2.13 bits per heavy atom. The first-order valence-corrected chi connectivity index (χ1v) is 10.9. The number of hydrogen-bond acceptors (Lipinski definition) is 7. The van der Waals surface area contributed by atoms with Crippen molar-refractivity contribution in [2.24, 2.45) is 17.6 Å². The number of nitrogens with zero attached hydrogens (tertiary/aromatic N) is 5. The van der Waals surface area contributed by atoms with Crippen molar-refractivity contribution in [1.29, 1.82) is 0 Å². The summed E-state index contributed by atoms with van der Waals surface area (Å²) in [5.74, 6) is 2.13. The van der Waals surface area contributed by atoms with E-state index in [9.17, 15) is 4.79 Å². The second-order valence-electron chi connectivity index (χ2n) is 8.83. The third-order valence-electron chi connectivity index (χ3n) is 6.60. The first kappa shape index (κ1) is 18.4. The van der Waals surface area contributed by atoms with E-state index in [1.807, 2.05) is 0 Å². The van der Waals surface area contributed by atoms with E-state index in [4.69, 9.17) is 21.2 Å². The third kappa shape index (κ3) is 3.15. The van der Waals surface area contributed by atoms with Crippen LogP contribution in [0.4, 0.5) is 11.9 Å². The monoisotopic (exact) mass is 419 g/mol. The molecule has 0 unspecified atom stereocenters. The predicted molar refractivity (Wildman–Crippen MR) is 115 cm³/mol. The Labute approximate surface area is 179 Å². The molecule has 4 N–H and O–H groups in total. The normalized spacial score (nSPS) is 18.5. The summed E-state index contributed by atoms with van der Waals surface area (Å²) >= 11 is 0. The number of benzene rings is 1. The van der Waals surface area contributed by atoms with Crippen molar-refractivity contribution < 1.29 is 9.53 Å². The van der Waals surface area contributed by atoms with E-state index in [2.05, 4.69) is 31.6 Å². The summed E-state index contributed by atoms with van der Waals surface area (Å²) in [6.45, 7) is 2.85. The van der Waals surface area contributed by atoms with Crippen molar-refractivity contribution in [2.75, 3.05) is 17.2 Å². The van der Waals surface area contributed by atoms with Crippen LogP contribution < -0.4 is 21.1 Å². The van der Waals surface area contributed by atoms with Crippen molar-refractivity contribution in [3.8, 4) is 5.75 Å². The number of carbonyl (C=O) groups is 1. The number of nitrogen functional groups attached to an aromatic ring is 1. The van der Waals surface area contributed by atoms with Gasteiger partial charge in [-0.2, -0.15) is 0 Å². The minimum absolute atomic E-state index is 0.117. The van der Waals surface area contributed by atoms with E-state index in [0.717, 1.165) is 65.4 Å². The molecule has 1 amide bonds. The average molecular weight is 419 g/mol. The highest BCUT2D eigenvalue weighted by Gasteiger charge is 2.35. The SMILES string of the molecule is NC(=O)[C@@H](Cc1cc2c3c(c1)nc(N1Cc4cnc(N)nc4C1)n3CCCO2)C1CC1. The molecule has 1 atom stereocenters. The van der Waals surface area contributed by atoms with Gasteiger partial charge in [0.1, 0.15) is 11.3 Å². The molecule has 160 valence electrons. The molecule has 9 heteroatoms. The Hall–Kier alpha value is -3.36. The zero-order chi connectivity index (χ0) is 21.1. The highest BCUT2D eigenvalue weighted by molar-refractivity contribution is 5.86. The van der Waals surface area contributed by atoms with E-state index in [1.54, 1.807) is 6.20 Å². The maximum atomic E-state index is 12.0. The molecule has 1 aromatic carbocycles. The number of anilines is 2. The number of carbonyl (C=O) groups excluding carboxylic acids is 1. The summed E-state index contributed by atoms with van der Waals surface area (Å²) < 4.78 is 8.35. The summed E-state index contributed by atoms with van der Waals surface area (Å²) in [4.78, 5) is 27.7. The molecule has 2 aromatic heterocycles. The van der Waals surface area contributed by atoms with Crippen LogP contribution in [0.1, 0.15) is 36.1 Å². The van der Waals surface area contributed by atoms with Gasteiger partial charge in [0.05, 0.1) is 24.4 Å². The van der Waals surface area contributed by atoms with Crippen LogP contribution >= 0.6 is 0 Å².